The quantitative estimate of drug-likeness (QED) is 0.794. The molecule has 19 heavy (non-hydrogen) atoms. The van der Waals surface area contributed by atoms with E-state index in [9.17, 15) is 4.79 Å². The lowest BCUT2D eigenvalue weighted by molar-refractivity contribution is 0.0923. The van der Waals surface area contributed by atoms with Crippen molar-refractivity contribution in [1.82, 2.24) is 5.32 Å². The number of aliphatic hydroxyl groups excluding tert-OH is 1. The van der Waals surface area contributed by atoms with Gasteiger partial charge in [0.15, 0.2) is 0 Å². The van der Waals surface area contributed by atoms with Crippen LogP contribution in [0.15, 0.2) is 24.3 Å². The first-order valence-corrected chi connectivity index (χ1v) is 6.72. The summed E-state index contributed by atoms with van der Waals surface area (Å²) in [5.74, 6) is 0.993. The minimum atomic E-state index is -0.547. The summed E-state index contributed by atoms with van der Waals surface area (Å²) in [7, 11) is 0. The molecule has 1 amide bonds. The highest BCUT2D eigenvalue weighted by Gasteiger charge is 2.08. The number of benzene rings is 1. The molecule has 0 radical (unpaired) electrons. The summed E-state index contributed by atoms with van der Waals surface area (Å²) in [5.41, 5.74) is 0.544. The van der Waals surface area contributed by atoms with Gasteiger partial charge in [-0.3, -0.25) is 4.79 Å². The first-order valence-electron chi connectivity index (χ1n) is 6.72. The summed E-state index contributed by atoms with van der Waals surface area (Å²) in [6.07, 6.45) is 0.517. The second kappa shape index (κ2) is 7.79. The molecule has 0 aromatic heterocycles. The Morgan fingerprint density at radius 2 is 2.16 bits per heavy atom. The van der Waals surface area contributed by atoms with Gasteiger partial charge in [0.1, 0.15) is 5.75 Å². The van der Waals surface area contributed by atoms with Crippen molar-refractivity contribution in [2.75, 3.05) is 13.2 Å². The zero-order chi connectivity index (χ0) is 14.3. The molecule has 0 aliphatic heterocycles. The SMILES string of the molecule is CCC(C)COc1cccc(C(=O)NCC(C)O)c1. The summed E-state index contributed by atoms with van der Waals surface area (Å²) in [6.45, 7) is 6.77. The van der Waals surface area contributed by atoms with Crippen molar-refractivity contribution in [3.8, 4) is 5.75 Å². The van der Waals surface area contributed by atoms with Crippen LogP contribution in [0.3, 0.4) is 0 Å². The first-order chi connectivity index (χ1) is 9.02. The molecule has 0 spiro atoms. The third-order valence-corrected chi connectivity index (χ3v) is 2.89. The number of carbonyl (C=O) groups is 1. The topological polar surface area (TPSA) is 58.6 Å². The van der Waals surface area contributed by atoms with E-state index in [0.29, 0.717) is 23.8 Å². The fourth-order valence-corrected chi connectivity index (χ4v) is 1.43. The van der Waals surface area contributed by atoms with Crippen LogP contribution in [-0.2, 0) is 0 Å². The molecule has 1 aromatic rings. The molecule has 0 saturated heterocycles. The van der Waals surface area contributed by atoms with Crippen LogP contribution in [-0.4, -0.2) is 30.3 Å². The maximum absolute atomic E-state index is 11.8. The monoisotopic (exact) mass is 265 g/mol. The Kier molecular flexibility index (Phi) is 6.36. The van der Waals surface area contributed by atoms with Crippen LogP contribution in [0, 0.1) is 5.92 Å². The predicted octanol–water partition coefficient (Wildman–Crippen LogP) is 2.22. The van der Waals surface area contributed by atoms with Crippen molar-refractivity contribution in [3.63, 3.8) is 0 Å². The molecule has 2 unspecified atom stereocenters. The minimum Gasteiger partial charge on any atom is -0.493 e. The smallest absolute Gasteiger partial charge is 0.251 e. The van der Waals surface area contributed by atoms with Gasteiger partial charge in [-0.1, -0.05) is 26.3 Å². The van der Waals surface area contributed by atoms with E-state index in [1.165, 1.54) is 0 Å². The van der Waals surface area contributed by atoms with Gasteiger partial charge in [0.05, 0.1) is 12.7 Å². The van der Waals surface area contributed by atoms with E-state index in [-0.39, 0.29) is 12.5 Å². The standard InChI is InChI=1S/C15H23NO3/c1-4-11(2)10-19-14-7-5-6-13(8-14)15(18)16-9-12(3)17/h5-8,11-12,17H,4,9-10H2,1-3H3,(H,16,18). The van der Waals surface area contributed by atoms with E-state index in [4.69, 9.17) is 9.84 Å². The van der Waals surface area contributed by atoms with Crippen LogP contribution in [0.1, 0.15) is 37.6 Å². The van der Waals surface area contributed by atoms with Gasteiger partial charge in [0, 0.05) is 12.1 Å². The lowest BCUT2D eigenvalue weighted by Crippen LogP contribution is -2.30. The summed E-state index contributed by atoms with van der Waals surface area (Å²) >= 11 is 0. The molecule has 1 rings (SSSR count). The van der Waals surface area contributed by atoms with Gasteiger partial charge in [-0.15, -0.1) is 0 Å². The van der Waals surface area contributed by atoms with Crippen molar-refractivity contribution in [2.24, 2.45) is 5.92 Å². The summed E-state index contributed by atoms with van der Waals surface area (Å²) in [4.78, 5) is 11.8. The zero-order valence-corrected chi connectivity index (χ0v) is 11.8. The fraction of sp³-hybridized carbons (Fsp3) is 0.533. The molecule has 0 bridgehead atoms. The number of hydrogen-bond donors (Lipinski definition) is 2. The van der Waals surface area contributed by atoms with Crippen molar-refractivity contribution in [1.29, 1.82) is 0 Å². The average Bonchev–Trinajstić information content (AvgIpc) is 2.42. The highest BCUT2D eigenvalue weighted by atomic mass is 16.5. The van der Waals surface area contributed by atoms with Crippen LogP contribution in [0.4, 0.5) is 0 Å². The van der Waals surface area contributed by atoms with E-state index in [1.807, 2.05) is 6.07 Å². The summed E-state index contributed by atoms with van der Waals surface area (Å²) in [6, 6.07) is 7.09. The van der Waals surface area contributed by atoms with E-state index >= 15 is 0 Å². The van der Waals surface area contributed by atoms with Crippen molar-refractivity contribution in [3.05, 3.63) is 29.8 Å². The Morgan fingerprint density at radius 3 is 2.79 bits per heavy atom. The number of hydrogen-bond acceptors (Lipinski definition) is 3. The number of carbonyl (C=O) groups excluding carboxylic acids is 1. The molecule has 0 fully saturated rings. The van der Waals surface area contributed by atoms with Gasteiger partial charge in [0.25, 0.3) is 5.91 Å². The molecule has 1 aromatic carbocycles. The zero-order valence-electron chi connectivity index (χ0n) is 11.8. The molecule has 0 aliphatic carbocycles. The molecular formula is C15H23NO3. The number of amides is 1. The molecule has 0 heterocycles. The second-order valence-electron chi connectivity index (χ2n) is 4.91. The van der Waals surface area contributed by atoms with Gasteiger partial charge in [-0.05, 0) is 31.0 Å². The van der Waals surface area contributed by atoms with Crippen LogP contribution >= 0.6 is 0 Å². The number of ether oxygens (including phenoxy) is 1. The maximum Gasteiger partial charge on any atom is 0.251 e. The third kappa shape index (κ3) is 5.75. The van der Waals surface area contributed by atoms with Crippen LogP contribution in [0.25, 0.3) is 0 Å². The van der Waals surface area contributed by atoms with E-state index < -0.39 is 6.10 Å². The number of aliphatic hydroxyl groups is 1. The molecule has 106 valence electrons. The average molecular weight is 265 g/mol. The van der Waals surface area contributed by atoms with Gasteiger partial charge in [-0.25, -0.2) is 0 Å². The van der Waals surface area contributed by atoms with E-state index in [1.54, 1.807) is 25.1 Å². The van der Waals surface area contributed by atoms with Gasteiger partial charge in [-0.2, -0.15) is 0 Å². The lowest BCUT2D eigenvalue weighted by atomic mass is 10.1. The Bertz CT molecular complexity index is 404. The van der Waals surface area contributed by atoms with E-state index in [2.05, 4.69) is 19.2 Å². The molecular weight excluding hydrogens is 242 g/mol. The van der Waals surface area contributed by atoms with E-state index in [0.717, 1.165) is 6.42 Å². The van der Waals surface area contributed by atoms with Crippen molar-refractivity contribution < 1.29 is 14.6 Å². The third-order valence-electron chi connectivity index (χ3n) is 2.89. The molecule has 2 atom stereocenters. The number of rotatable bonds is 7. The fourth-order valence-electron chi connectivity index (χ4n) is 1.43. The first kappa shape index (κ1) is 15.5. The predicted molar refractivity (Wildman–Crippen MR) is 75.4 cm³/mol. The largest absolute Gasteiger partial charge is 0.493 e. The number of nitrogens with one attached hydrogen (secondary N) is 1. The van der Waals surface area contributed by atoms with Gasteiger partial charge < -0.3 is 15.2 Å². The van der Waals surface area contributed by atoms with Gasteiger partial charge >= 0.3 is 0 Å². The van der Waals surface area contributed by atoms with Crippen molar-refractivity contribution in [2.45, 2.75) is 33.3 Å². The molecule has 4 nitrogen and oxygen atoms in total. The van der Waals surface area contributed by atoms with Crippen LogP contribution < -0.4 is 10.1 Å². The highest BCUT2D eigenvalue weighted by Crippen LogP contribution is 2.15. The Balaban J connectivity index is 2.58. The van der Waals surface area contributed by atoms with Crippen molar-refractivity contribution >= 4 is 5.91 Å². The second-order valence-corrected chi connectivity index (χ2v) is 4.91. The van der Waals surface area contributed by atoms with Gasteiger partial charge in [0.2, 0.25) is 0 Å². The Morgan fingerprint density at radius 1 is 1.42 bits per heavy atom. The molecule has 0 saturated carbocycles. The maximum atomic E-state index is 11.8. The van der Waals surface area contributed by atoms with Crippen LogP contribution in [0.5, 0.6) is 5.75 Å². The highest BCUT2D eigenvalue weighted by molar-refractivity contribution is 5.94. The Hall–Kier alpha value is -1.55. The van der Waals surface area contributed by atoms with Crippen LogP contribution in [0.2, 0.25) is 0 Å². The molecule has 2 N–H and O–H groups in total. The minimum absolute atomic E-state index is 0.199. The molecule has 0 aliphatic rings. The molecule has 4 heteroatoms. The summed E-state index contributed by atoms with van der Waals surface area (Å²) < 4.78 is 5.65. The lowest BCUT2D eigenvalue weighted by Gasteiger charge is -2.12. The normalized spacial score (nSPS) is 13.7. The Labute approximate surface area is 114 Å². The summed E-state index contributed by atoms with van der Waals surface area (Å²) in [5, 5.41) is 11.8.